The second-order valence-electron chi connectivity index (χ2n) is 5.98. The summed E-state index contributed by atoms with van der Waals surface area (Å²) in [6, 6.07) is 20.0. The maximum Gasteiger partial charge on any atom is 0.330 e. The Morgan fingerprint density at radius 1 is 1.04 bits per heavy atom. The first kappa shape index (κ1) is 18.6. The Kier molecular flexibility index (Phi) is 6.55. The van der Waals surface area contributed by atoms with E-state index in [9.17, 15) is 4.79 Å². The zero-order chi connectivity index (χ0) is 18.9. The molecule has 0 amide bonds. The van der Waals surface area contributed by atoms with Crippen LogP contribution in [0.4, 0.5) is 0 Å². The van der Waals surface area contributed by atoms with Crippen molar-refractivity contribution in [2.24, 2.45) is 0 Å². The quantitative estimate of drug-likeness (QED) is 0.347. The Morgan fingerprint density at radius 2 is 1.74 bits per heavy atom. The zero-order valence-electron chi connectivity index (χ0n) is 15.2. The summed E-state index contributed by atoms with van der Waals surface area (Å²) in [4.78, 5) is 11.8. The molecule has 27 heavy (non-hydrogen) atoms. The van der Waals surface area contributed by atoms with Gasteiger partial charge in [-0.2, -0.15) is 5.10 Å². The summed E-state index contributed by atoms with van der Waals surface area (Å²) in [6.07, 6.45) is 5.10. The lowest BCUT2D eigenvalue weighted by Crippen LogP contribution is -2.06. The molecule has 0 bridgehead atoms. The maximum absolute atomic E-state index is 11.8. The number of methoxy groups -OCH3 is 1. The average molecular weight is 362 g/mol. The van der Waals surface area contributed by atoms with Gasteiger partial charge in [0.05, 0.1) is 18.8 Å². The first-order valence-corrected chi connectivity index (χ1v) is 8.77. The van der Waals surface area contributed by atoms with E-state index in [0.29, 0.717) is 13.2 Å². The molecule has 1 heterocycles. The van der Waals surface area contributed by atoms with E-state index in [2.05, 4.69) is 12.1 Å². The van der Waals surface area contributed by atoms with Crippen LogP contribution in [0, 0.1) is 0 Å². The fraction of sp³-hybridized carbons (Fsp3) is 0.182. The molecule has 0 N–H and O–H groups in total. The number of rotatable bonds is 8. The molecule has 0 aliphatic rings. The second kappa shape index (κ2) is 9.50. The Labute approximate surface area is 158 Å². The summed E-state index contributed by atoms with van der Waals surface area (Å²) in [7, 11) is 1.57. The Bertz CT molecular complexity index is 886. The van der Waals surface area contributed by atoms with Crippen LogP contribution in [-0.4, -0.2) is 36.1 Å². The van der Waals surface area contributed by atoms with E-state index in [1.54, 1.807) is 13.2 Å². The number of esters is 1. The summed E-state index contributed by atoms with van der Waals surface area (Å²) in [5.74, 6) is -0.401. The van der Waals surface area contributed by atoms with Gasteiger partial charge in [-0.05, 0) is 11.6 Å². The SMILES string of the molecule is COCCOC(=O)/C=C/c1cn(Cc2ccccc2)nc1-c1ccccc1. The van der Waals surface area contributed by atoms with Crippen LogP contribution in [0.3, 0.4) is 0 Å². The predicted molar refractivity (Wildman–Crippen MR) is 105 cm³/mol. The fourth-order valence-electron chi connectivity index (χ4n) is 2.66. The van der Waals surface area contributed by atoms with Gasteiger partial charge in [0.25, 0.3) is 0 Å². The molecule has 0 radical (unpaired) electrons. The molecule has 5 heteroatoms. The van der Waals surface area contributed by atoms with E-state index < -0.39 is 5.97 Å². The molecule has 2 aromatic carbocycles. The van der Waals surface area contributed by atoms with Crippen molar-refractivity contribution in [3.8, 4) is 11.3 Å². The third kappa shape index (κ3) is 5.39. The summed E-state index contributed by atoms with van der Waals surface area (Å²) < 4.78 is 11.8. The molecule has 0 spiro atoms. The van der Waals surface area contributed by atoms with Gasteiger partial charge < -0.3 is 9.47 Å². The van der Waals surface area contributed by atoms with Crippen molar-refractivity contribution in [2.45, 2.75) is 6.54 Å². The number of hydrogen-bond donors (Lipinski definition) is 0. The van der Waals surface area contributed by atoms with Crippen LogP contribution < -0.4 is 0 Å². The number of carbonyl (C=O) groups excluding carboxylic acids is 1. The van der Waals surface area contributed by atoms with Crippen molar-refractivity contribution in [2.75, 3.05) is 20.3 Å². The van der Waals surface area contributed by atoms with Crippen molar-refractivity contribution in [3.63, 3.8) is 0 Å². The number of nitrogens with zero attached hydrogens (tertiary/aromatic N) is 2. The number of aromatic nitrogens is 2. The molecule has 0 unspecified atom stereocenters. The summed E-state index contributed by atoms with van der Waals surface area (Å²) in [5.41, 5.74) is 3.85. The van der Waals surface area contributed by atoms with E-state index in [1.807, 2.05) is 59.4 Å². The minimum Gasteiger partial charge on any atom is -0.460 e. The maximum atomic E-state index is 11.8. The molecule has 3 rings (SSSR count). The molecule has 5 nitrogen and oxygen atoms in total. The van der Waals surface area contributed by atoms with Crippen molar-refractivity contribution >= 4 is 12.0 Å². The van der Waals surface area contributed by atoms with Crippen molar-refractivity contribution in [1.82, 2.24) is 9.78 Å². The van der Waals surface area contributed by atoms with Gasteiger partial charge in [-0.1, -0.05) is 60.7 Å². The smallest absolute Gasteiger partial charge is 0.330 e. The van der Waals surface area contributed by atoms with Crippen LogP contribution in [0.1, 0.15) is 11.1 Å². The Morgan fingerprint density at radius 3 is 2.44 bits per heavy atom. The van der Waals surface area contributed by atoms with Gasteiger partial charge in [0.1, 0.15) is 6.61 Å². The van der Waals surface area contributed by atoms with Crippen LogP contribution in [0.25, 0.3) is 17.3 Å². The average Bonchev–Trinajstić information content (AvgIpc) is 3.11. The highest BCUT2D eigenvalue weighted by atomic mass is 16.6. The standard InChI is InChI=1S/C22H22N2O3/c1-26-14-15-27-21(25)13-12-20-17-24(16-18-8-4-2-5-9-18)23-22(20)19-10-6-3-7-11-19/h2-13,17H,14-16H2,1H3/b13-12+. The zero-order valence-corrected chi connectivity index (χ0v) is 15.2. The number of hydrogen-bond acceptors (Lipinski definition) is 4. The predicted octanol–water partition coefficient (Wildman–Crippen LogP) is 3.80. The minimum absolute atomic E-state index is 0.235. The molecular formula is C22H22N2O3. The molecule has 3 aromatic rings. The summed E-state index contributed by atoms with van der Waals surface area (Å²) in [6.45, 7) is 1.27. The van der Waals surface area contributed by atoms with Crippen LogP contribution in [0.5, 0.6) is 0 Å². The summed E-state index contributed by atoms with van der Waals surface area (Å²) >= 11 is 0. The normalized spacial score (nSPS) is 11.0. The molecule has 0 saturated heterocycles. The minimum atomic E-state index is -0.401. The molecule has 138 valence electrons. The first-order valence-electron chi connectivity index (χ1n) is 8.77. The van der Waals surface area contributed by atoms with Crippen LogP contribution in [0.15, 0.2) is 72.9 Å². The molecule has 1 aromatic heterocycles. The largest absolute Gasteiger partial charge is 0.460 e. The van der Waals surface area contributed by atoms with E-state index >= 15 is 0 Å². The first-order chi connectivity index (χ1) is 13.3. The van der Waals surface area contributed by atoms with Crippen LogP contribution >= 0.6 is 0 Å². The van der Waals surface area contributed by atoms with Gasteiger partial charge in [0.2, 0.25) is 0 Å². The van der Waals surface area contributed by atoms with E-state index in [0.717, 1.165) is 22.4 Å². The van der Waals surface area contributed by atoms with Gasteiger partial charge in [-0.25, -0.2) is 4.79 Å². The van der Waals surface area contributed by atoms with Crippen molar-refractivity contribution < 1.29 is 14.3 Å². The highest BCUT2D eigenvalue weighted by Gasteiger charge is 2.10. The number of benzene rings is 2. The Balaban J connectivity index is 1.83. The molecule has 0 saturated carbocycles. The van der Waals surface area contributed by atoms with E-state index in [-0.39, 0.29) is 6.61 Å². The highest BCUT2D eigenvalue weighted by molar-refractivity contribution is 5.88. The van der Waals surface area contributed by atoms with Gasteiger partial charge in [0, 0.05) is 30.5 Å². The second-order valence-corrected chi connectivity index (χ2v) is 5.98. The Hall–Kier alpha value is -3.18. The lowest BCUT2D eigenvalue weighted by Gasteiger charge is -2.01. The highest BCUT2D eigenvalue weighted by Crippen LogP contribution is 2.23. The van der Waals surface area contributed by atoms with Crippen molar-refractivity contribution in [3.05, 3.63) is 84.1 Å². The third-order valence-electron chi connectivity index (χ3n) is 3.96. The van der Waals surface area contributed by atoms with Crippen LogP contribution in [-0.2, 0) is 20.8 Å². The topological polar surface area (TPSA) is 53.4 Å². The lowest BCUT2D eigenvalue weighted by molar-refractivity contribution is -0.138. The monoisotopic (exact) mass is 362 g/mol. The van der Waals surface area contributed by atoms with Gasteiger partial charge in [-0.3, -0.25) is 4.68 Å². The molecule has 0 aliphatic carbocycles. The van der Waals surface area contributed by atoms with E-state index in [1.165, 1.54) is 6.08 Å². The van der Waals surface area contributed by atoms with Crippen molar-refractivity contribution in [1.29, 1.82) is 0 Å². The number of ether oxygens (including phenoxy) is 2. The fourth-order valence-corrected chi connectivity index (χ4v) is 2.66. The van der Waals surface area contributed by atoms with Gasteiger partial charge >= 0.3 is 5.97 Å². The van der Waals surface area contributed by atoms with Crippen LogP contribution in [0.2, 0.25) is 0 Å². The molecular weight excluding hydrogens is 340 g/mol. The molecule has 0 atom stereocenters. The lowest BCUT2D eigenvalue weighted by atomic mass is 10.1. The third-order valence-corrected chi connectivity index (χ3v) is 3.96. The van der Waals surface area contributed by atoms with Gasteiger partial charge in [0.15, 0.2) is 0 Å². The molecule has 0 fully saturated rings. The van der Waals surface area contributed by atoms with E-state index in [4.69, 9.17) is 14.6 Å². The number of carbonyl (C=O) groups is 1. The summed E-state index contributed by atoms with van der Waals surface area (Å²) in [5, 5.41) is 4.72. The molecule has 0 aliphatic heterocycles. The van der Waals surface area contributed by atoms with Gasteiger partial charge in [-0.15, -0.1) is 0 Å².